The lowest BCUT2D eigenvalue weighted by atomic mass is 9.98. The van der Waals surface area contributed by atoms with E-state index in [0.717, 1.165) is 18.9 Å². The third kappa shape index (κ3) is 3.86. The number of hydrogen-bond donors (Lipinski definition) is 0. The highest BCUT2D eigenvalue weighted by Gasteiger charge is 2.04. The lowest BCUT2D eigenvalue weighted by Crippen LogP contribution is -2.19. The number of aryl methyl sites for hydroxylation is 1. The Labute approximate surface area is 99.2 Å². The molecule has 0 heterocycles. The van der Waals surface area contributed by atoms with Crippen LogP contribution in [0.25, 0.3) is 0 Å². The van der Waals surface area contributed by atoms with Crippen molar-refractivity contribution in [2.24, 2.45) is 0 Å². The van der Waals surface area contributed by atoms with Crippen molar-refractivity contribution in [1.82, 2.24) is 4.90 Å². The summed E-state index contributed by atoms with van der Waals surface area (Å²) in [5.74, 6) is 1.56. The molecular weight excluding hydrogens is 198 g/mol. The molecule has 0 aliphatic heterocycles. The number of benzene rings is 1. The first-order valence-electron chi connectivity index (χ1n) is 5.88. The van der Waals surface area contributed by atoms with Crippen LogP contribution >= 0.6 is 0 Å². The van der Waals surface area contributed by atoms with E-state index in [-0.39, 0.29) is 0 Å². The lowest BCUT2D eigenvalue weighted by Gasteiger charge is -2.14. The van der Waals surface area contributed by atoms with Gasteiger partial charge in [-0.2, -0.15) is 0 Å². The second-order valence-corrected chi connectivity index (χ2v) is 4.82. The summed E-state index contributed by atoms with van der Waals surface area (Å²) >= 11 is 0. The molecule has 90 valence electrons. The van der Waals surface area contributed by atoms with E-state index in [2.05, 4.69) is 58.0 Å². The van der Waals surface area contributed by atoms with Crippen LogP contribution in [0.15, 0.2) is 18.2 Å². The van der Waals surface area contributed by atoms with Crippen LogP contribution in [0.2, 0.25) is 0 Å². The van der Waals surface area contributed by atoms with Gasteiger partial charge in [0, 0.05) is 6.54 Å². The molecule has 0 spiro atoms. The van der Waals surface area contributed by atoms with E-state index in [0.29, 0.717) is 5.92 Å². The molecule has 1 rings (SSSR count). The Kier molecular flexibility index (Phi) is 4.81. The largest absolute Gasteiger partial charge is 0.492 e. The minimum atomic E-state index is 0.579. The summed E-state index contributed by atoms with van der Waals surface area (Å²) in [5.41, 5.74) is 2.72. The molecule has 0 fully saturated rings. The Balaban J connectivity index is 2.59. The van der Waals surface area contributed by atoms with Gasteiger partial charge < -0.3 is 9.64 Å². The Bertz CT molecular complexity index is 332. The van der Waals surface area contributed by atoms with E-state index in [1.807, 2.05) is 0 Å². The maximum absolute atomic E-state index is 5.69. The van der Waals surface area contributed by atoms with Crippen molar-refractivity contribution in [1.29, 1.82) is 0 Å². The Morgan fingerprint density at radius 2 is 1.94 bits per heavy atom. The van der Waals surface area contributed by atoms with Crippen molar-refractivity contribution in [2.75, 3.05) is 27.2 Å². The highest BCUT2D eigenvalue weighted by atomic mass is 16.5. The van der Waals surface area contributed by atoms with Crippen LogP contribution in [-0.4, -0.2) is 32.1 Å². The van der Waals surface area contributed by atoms with Crippen LogP contribution in [-0.2, 0) is 0 Å². The van der Waals surface area contributed by atoms with Crippen LogP contribution in [0.4, 0.5) is 0 Å². The molecule has 0 aromatic heterocycles. The van der Waals surface area contributed by atoms with E-state index in [1.54, 1.807) is 0 Å². The van der Waals surface area contributed by atoms with Crippen LogP contribution in [0.5, 0.6) is 5.75 Å². The summed E-state index contributed by atoms with van der Waals surface area (Å²) in [4.78, 5) is 2.12. The molecule has 0 saturated carbocycles. The number of likely N-dealkylation sites (N-methyl/N-ethyl adjacent to an activating group) is 1. The van der Waals surface area contributed by atoms with Crippen molar-refractivity contribution in [3.8, 4) is 5.75 Å². The Morgan fingerprint density at radius 1 is 1.25 bits per heavy atom. The van der Waals surface area contributed by atoms with Gasteiger partial charge in [-0.05, 0) is 50.2 Å². The average molecular weight is 221 g/mol. The maximum Gasteiger partial charge on any atom is 0.119 e. The first-order valence-corrected chi connectivity index (χ1v) is 5.88. The average Bonchev–Trinajstić information content (AvgIpc) is 2.16. The molecule has 0 unspecified atom stereocenters. The van der Waals surface area contributed by atoms with Crippen LogP contribution in [0.1, 0.15) is 30.9 Å². The quantitative estimate of drug-likeness (QED) is 0.757. The van der Waals surface area contributed by atoms with Gasteiger partial charge in [0.05, 0.1) is 0 Å². The topological polar surface area (TPSA) is 12.5 Å². The minimum absolute atomic E-state index is 0.579. The highest BCUT2D eigenvalue weighted by Crippen LogP contribution is 2.23. The molecular formula is C14H23NO. The minimum Gasteiger partial charge on any atom is -0.492 e. The first kappa shape index (κ1) is 13.0. The third-order valence-corrected chi connectivity index (χ3v) is 2.67. The van der Waals surface area contributed by atoms with Gasteiger partial charge in [0.25, 0.3) is 0 Å². The molecule has 0 N–H and O–H groups in total. The molecule has 0 bridgehead atoms. The molecule has 1 aromatic carbocycles. The fourth-order valence-corrected chi connectivity index (χ4v) is 1.73. The summed E-state index contributed by atoms with van der Waals surface area (Å²) in [5, 5.41) is 0. The van der Waals surface area contributed by atoms with Crippen molar-refractivity contribution in [2.45, 2.75) is 26.7 Å². The number of ether oxygens (including phenoxy) is 1. The molecule has 0 saturated heterocycles. The van der Waals surface area contributed by atoms with Gasteiger partial charge in [-0.25, -0.2) is 0 Å². The van der Waals surface area contributed by atoms with Crippen LogP contribution in [0, 0.1) is 6.92 Å². The zero-order valence-corrected chi connectivity index (χ0v) is 11.1. The van der Waals surface area contributed by atoms with Crippen LogP contribution in [0.3, 0.4) is 0 Å². The normalized spacial score (nSPS) is 11.2. The maximum atomic E-state index is 5.69. The predicted molar refractivity (Wildman–Crippen MR) is 69.3 cm³/mol. The lowest BCUT2D eigenvalue weighted by molar-refractivity contribution is 0.261. The molecule has 2 heteroatoms. The second-order valence-electron chi connectivity index (χ2n) is 4.82. The summed E-state index contributed by atoms with van der Waals surface area (Å²) < 4.78 is 5.69. The highest BCUT2D eigenvalue weighted by molar-refractivity contribution is 5.36. The molecule has 1 aromatic rings. The third-order valence-electron chi connectivity index (χ3n) is 2.67. The Morgan fingerprint density at radius 3 is 2.44 bits per heavy atom. The molecule has 0 atom stereocenters. The summed E-state index contributed by atoms with van der Waals surface area (Å²) in [7, 11) is 4.10. The van der Waals surface area contributed by atoms with Crippen LogP contribution < -0.4 is 4.74 Å². The summed E-state index contributed by atoms with van der Waals surface area (Å²) in [6.07, 6.45) is 0. The molecule has 0 radical (unpaired) electrons. The second kappa shape index (κ2) is 5.90. The first-order chi connectivity index (χ1) is 7.50. The number of rotatable bonds is 5. The predicted octanol–water partition coefficient (Wildman–Crippen LogP) is 3.06. The van der Waals surface area contributed by atoms with Gasteiger partial charge in [0.2, 0.25) is 0 Å². The van der Waals surface area contributed by atoms with Gasteiger partial charge >= 0.3 is 0 Å². The fraction of sp³-hybridized carbons (Fsp3) is 0.571. The van der Waals surface area contributed by atoms with Gasteiger partial charge in [-0.15, -0.1) is 0 Å². The van der Waals surface area contributed by atoms with Crippen molar-refractivity contribution in [3.05, 3.63) is 29.3 Å². The van der Waals surface area contributed by atoms with Gasteiger partial charge in [-0.1, -0.05) is 19.9 Å². The number of hydrogen-bond acceptors (Lipinski definition) is 2. The van der Waals surface area contributed by atoms with E-state index >= 15 is 0 Å². The molecule has 0 aliphatic carbocycles. The van der Waals surface area contributed by atoms with E-state index < -0.39 is 0 Å². The SMILES string of the molecule is Cc1cc(OCCN(C)C)ccc1C(C)C. The molecule has 0 amide bonds. The molecule has 0 aliphatic rings. The van der Waals surface area contributed by atoms with E-state index in [9.17, 15) is 0 Å². The van der Waals surface area contributed by atoms with E-state index in [4.69, 9.17) is 4.74 Å². The summed E-state index contributed by atoms with van der Waals surface area (Å²) in [6.45, 7) is 8.27. The van der Waals surface area contributed by atoms with Gasteiger partial charge in [0.15, 0.2) is 0 Å². The smallest absolute Gasteiger partial charge is 0.119 e. The number of nitrogens with zero attached hydrogens (tertiary/aromatic N) is 1. The van der Waals surface area contributed by atoms with Gasteiger partial charge in [-0.3, -0.25) is 0 Å². The zero-order valence-electron chi connectivity index (χ0n) is 11.1. The fourth-order valence-electron chi connectivity index (χ4n) is 1.73. The van der Waals surface area contributed by atoms with Crippen molar-refractivity contribution >= 4 is 0 Å². The van der Waals surface area contributed by atoms with Crippen molar-refractivity contribution in [3.63, 3.8) is 0 Å². The standard InChI is InChI=1S/C14H23NO/c1-11(2)14-7-6-13(10-12(14)3)16-9-8-15(4)5/h6-7,10-11H,8-9H2,1-5H3. The van der Waals surface area contributed by atoms with E-state index in [1.165, 1.54) is 11.1 Å². The summed E-state index contributed by atoms with van der Waals surface area (Å²) in [6, 6.07) is 6.37. The van der Waals surface area contributed by atoms with Gasteiger partial charge in [0.1, 0.15) is 12.4 Å². The Hall–Kier alpha value is -1.02. The molecule has 2 nitrogen and oxygen atoms in total. The zero-order chi connectivity index (χ0) is 12.1. The monoisotopic (exact) mass is 221 g/mol. The van der Waals surface area contributed by atoms with Crippen molar-refractivity contribution < 1.29 is 4.74 Å². The molecule has 16 heavy (non-hydrogen) atoms.